The summed E-state index contributed by atoms with van der Waals surface area (Å²) in [5, 5.41) is 10.1. The minimum atomic E-state index is -4.00. The van der Waals surface area contributed by atoms with Crippen LogP contribution < -0.4 is 4.90 Å². The van der Waals surface area contributed by atoms with Crippen LogP contribution in [-0.4, -0.2) is 69.4 Å². The highest BCUT2D eigenvalue weighted by molar-refractivity contribution is 7.89. The average molecular weight is 435 g/mol. The normalized spacial score (nSPS) is 18.1. The number of fused-ring (bicyclic) bond motifs is 1. The molecular weight excluding hydrogens is 420 g/mol. The Morgan fingerprint density at radius 1 is 1.14 bits per heavy atom. The lowest BCUT2D eigenvalue weighted by atomic mass is 10.2. The predicted octanol–water partition coefficient (Wildman–Crippen LogP) is 1.04. The number of anilines is 1. The Labute approximate surface area is 170 Å². The molecule has 0 bridgehead atoms. The van der Waals surface area contributed by atoms with Gasteiger partial charge in [-0.3, -0.25) is 4.79 Å². The van der Waals surface area contributed by atoms with Crippen LogP contribution in [0.15, 0.2) is 47.9 Å². The highest BCUT2D eigenvalue weighted by atomic mass is 35.5. The average Bonchev–Trinajstić information content (AvgIpc) is 2.73. The van der Waals surface area contributed by atoms with E-state index in [1.165, 1.54) is 43.0 Å². The monoisotopic (exact) mass is 434 g/mol. The maximum absolute atomic E-state index is 13.0. The van der Waals surface area contributed by atoms with Crippen LogP contribution in [0.1, 0.15) is 0 Å². The van der Waals surface area contributed by atoms with Crippen molar-refractivity contribution in [1.82, 2.24) is 24.2 Å². The highest BCUT2D eigenvalue weighted by Gasteiger charge is 2.40. The van der Waals surface area contributed by atoms with Crippen molar-refractivity contribution in [2.45, 2.75) is 10.9 Å². The molecule has 1 aliphatic rings. The van der Waals surface area contributed by atoms with E-state index in [1.54, 1.807) is 4.90 Å². The maximum atomic E-state index is 13.0. The summed E-state index contributed by atoms with van der Waals surface area (Å²) in [5.41, 5.74) is 0.885. The first kappa shape index (κ1) is 19.4. The Kier molecular flexibility index (Phi) is 5.03. The Bertz CT molecular complexity index is 1170. The molecule has 0 aliphatic carbocycles. The number of piperazine rings is 1. The van der Waals surface area contributed by atoms with Gasteiger partial charge < -0.3 is 10.0 Å². The Hall–Kier alpha value is -2.89. The Morgan fingerprint density at radius 3 is 2.62 bits per heavy atom. The van der Waals surface area contributed by atoms with Gasteiger partial charge in [0, 0.05) is 24.7 Å². The Balaban J connectivity index is 1.63. The zero-order valence-corrected chi connectivity index (χ0v) is 16.5. The van der Waals surface area contributed by atoms with Gasteiger partial charge in [-0.1, -0.05) is 11.6 Å². The maximum Gasteiger partial charge on any atom is 0.323 e. The van der Waals surface area contributed by atoms with E-state index >= 15 is 0 Å². The second kappa shape index (κ2) is 7.50. The number of halogens is 1. The number of aromatic nitrogens is 4. The molecule has 1 aromatic carbocycles. The van der Waals surface area contributed by atoms with Gasteiger partial charge in [-0.15, -0.1) is 0 Å². The number of hydrogen-bond acceptors (Lipinski definition) is 8. The molecule has 3 heterocycles. The highest BCUT2D eigenvalue weighted by Crippen LogP contribution is 2.25. The zero-order chi connectivity index (χ0) is 20.6. The van der Waals surface area contributed by atoms with Gasteiger partial charge in [-0.05, 0) is 24.3 Å². The third kappa shape index (κ3) is 3.71. The summed E-state index contributed by atoms with van der Waals surface area (Å²) >= 11 is 5.82. The van der Waals surface area contributed by atoms with Gasteiger partial charge in [-0.25, -0.2) is 28.4 Å². The van der Waals surface area contributed by atoms with Crippen LogP contribution in [0.25, 0.3) is 11.2 Å². The van der Waals surface area contributed by atoms with E-state index in [0.29, 0.717) is 22.0 Å². The minimum Gasteiger partial charge on any atom is -0.480 e. The lowest BCUT2D eigenvalue weighted by Crippen LogP contribution is -2.58. The van der Waals surface area contributed by atoms with Crippen molar-refractivity contribution < 1.29 is 18.3 Å². The number of rotatable bonds is 4. The van der Waals surface area contributed by atoms with Crippen LogP contribution in [0.2, 0.25) is 5.02 Å². The molecule has 0 amide bonds. The molecule has 1 saturated heterocycles. The summed E-state index contributed by atoms with van der Waals surface area (Å²) in [5.74, 6) is -0.825. The summed E-state index contributed by atoms with van der Waals surface area (Å²) in [6.45, 7) is 0.153. The Morgan fingerprint density at radius 2 is 1.90 bits per heavy atom. The van der Waals surface area contributed by atoms with Crippen molar-refractivity contribution in [3.63, 3.8) is 0 Å². The fourth-order valence-corrected chi connectivity index (χ4v) is 4.81. The quantitative estimate of drug-likeness (QED) is 0.639. The van der Waals surface area contributed by atoms with E-state index in [0.717, 1.165) is 4.31 Å². The van der Waals surface area contributed by atoms with E-state index in [4.69, 9.17) is 11.6 Å². The standard InChI is InChI=1S/C17H15ClN6O4S/c18-11-1-3-12(4-2-11)29(27,28)24-6-5-23(9-14(24)17(25)26)15-8-20-13-7-19-10-21-16(13)22-15/h1-4,7-8,10,14H,5-6,9H2,(H,25,26)/t14-/m1/s1. The van der Waals surface area contributed by atoms with Gasteiger partial charge in [0.15, 0.2) is 5.65 Å². The van der Waals surface area contributed by atoms with Crippen molar-refractivity contribution >= 4 is 44.6 Å². The molecule has 0 saturated carbocycles. The van der Waals surface area contributed by atoms with E-state index in [2.05, 4.69) is 19.9 Å². The van der Waals surface area contributed by atoms with Gasteiger partial charge in [-0.2, -0.15) is 4.31 Å². The molecule has 4 rings (SSSR count). The fourth-order valence-electron chi connectivity index (χ4n) is 3.12. The summed E-state index contributed by atoms with van der Waals surface area (Å²) in [4.78, 5) is 30.1. The number of aliphatic carboxylic acids is 1. The first-order valence-corrected chi connectivity index (χ1v) is 10.4. The van der Waals surface area contributed by atoms with Crippen LogP contribution in [-0.2, 0) is 14.8 Å². The second-order valence-electron chi connectivity index (χ2n) is 6.33. The molecule has 10 nitrogen and oxygen atoms in total. The molecule has 150 valence electrons. The molecule has 1 atom stereocenters. The first-order valence-electron chi connectivity index (χ1n) is 8.54. The van der Waals surface area contributed by atoms with Gasteiger partial charge >= 0.3 is 5.97 Å². The molecule has 3 aromatic rings. The molecule has 29 heavy (non-hydrogen) atoms. The molecule has 0 radical (unpaired) electrons. The molecule has 1 N–H and O–H groups in total. The molecule has 1 fully saturated rings. The van der Waals surface area contributed by atoms with Gasteiger partial charge in [0.1, 0.15) is 23.7 Å². The van der Waals surface area contributed by atoms with E-state index in [9.17, 15) is 18.3 Å². The molecule has 12 heteroatoms. The molecule has 0 unspecified atom stereocenters. The van der Waals surface area contributed by atoms with Gasteiger partial charge in [0.05, 0.1) is 17.3 Å². The smallest absolute Gasteiger partial charge is 0.323 e. The van der Waals surface area contributed by atoms with E-state index in [1.807, 2.05) is 0 Å². The number of carboxylic acid groups (broad SMARTS) is 1. The third-order valence-electron chi connectivity index (χ3n) is 4.57. The lowest BCUT2D eigenvalue weighted by Gasteiger charge is -2.38. The summed E-state index contributed by atoms with van der Waals surface area (Å²) < 4.78 is 27.0. The number of sulfonamides is 1. The van der Waals surface area contributed by atoms with Crippen LogP contribution in [0.3, 0.4) is 0 Å². The minimum absolute atomic E-state index is 0.0104. The van der Waals surface area contributed by atoms with Gasteiger partial charge in [0.2, 0.25) is 10.0 Å². The van der Waals surface area contributed by atoms with Crippen LogP contribution >= 0.6 is 11.6 Å². The SMILES string of the molecule is O=C(O)[C@H]1CN(c2cnc3cncnc3n2)CCN1S(=O)(=O)c1ccc(Cl)cc1. The molecule has 1 aliphatic heterocycles. The number of nitrogens with zero attached hydrogens (tertiary/aromatic N) is 6. The summed E-state index contributed by atoms with van der Waals surface area (Å²) in [6, 6.07) is 4.34. The predicted molar refractivity (Wildman–Crippen MR) is 104 cm³/mol. The summed E-state index contributed by atoms with van der Waals surface area (Å²) in [6.07, 6.45) is 4.36. The van der Waals surface area contributed by atoms with Crippen LogP contribution in [0.5, 0.6) is 0 Å². The van der Waals surface area contributed by atoms with Crippen LogP contribution in [0, 0.1) is 0 Å². The van der Waals surface area contributed by atoms with E-state index in [-0.39, 0.29) is 24.5 Å². The van der Waals surface area contributed by atoms with E-state index < -0.39 is 22.0 Å². The largest absolute Gasteiger partial charge is 0.480 e. The third-order valence-corrected chi connectivity index (χ3v) is 6.75. The van der Waals surface area contributed by atoms with Crippen molar-refractivity contribution in [1.29, 1.82) is 0 Å². The van der Waals surface area contributed by atoms with Gasteiger partial charge in [0.25, 0.3) is 0 Å². The second-order valence-corrected chi connectivity index (χ2v) is 8.66. The van der Waals surface area contributed by atoms with Crippen molar-refractivity contribution in [3.8, 4) is 0 Å². The topological polar surface area (TPSA) is 129 Å². The fraction of sp³-hybridized carbons (Fsp3) is 0.235. The van der Waals surface area contributed by atoms with Crippen molar-refractivity contribution in [2.75, 3.05) is 24.5 Å². The summed E-state index contributed by atoms with van der Waals surface area (Å²) in [7, 11) is -4.00. The van der Waals surface area contributed by atoms with Crippen molar-refractivity contribution in [3.05, 3.63) is 48.0 Å². The molecular formula is C17H15ClN6O4S. The lowest BCUT2D eigenvalue weighted by molar-refractivity contribution is -0.141. The van der Waals surface area contributed by atoms with Crippen molar-refractivity contribution in [2.24, 2.45) is 0 Å². The number of carbonyl (C=O) groups is 1. The zero-order valence-electron chi connectivity index (χ0n) is 14.9. The first-order chi connectivity index (χ1) is 13.9. The van der Waals surface area contributed by atoms with Crippen LogP contribution in [0.4, 0.5) is 5.82 Å². The molecule has 2 aromatic heterocycles. The molecule has 0 spiro atoms. The number of hydrogen-bond donors (Lipinski definition) is 1. The number of benzene rings is 1. The number of carboxylic acids is 1.